The maximum Gasteiger partial charge on any atom is 0.200 e. The van der Waals surface area contributed by atoms with Gasteiger partial charge < -0.3 is 9.64 Å². The van der Waals surface area contributed by atoms with Gasteiger partial charge in [-0.3, -0.25) is 4.98 Å². The van der Waals surface area contributed by atoms with Gasteiger partial charge in [-0.2, -0.15) is 0 Å². The zero-order chi connectivity index (χ0) is 15.1. The summed E-state index contributed by atoms with van der Waals surface area (Å²) >= 11 is 0. The quantitative estimate of drug-likeness (QED) is 0.460. The largest absolute Gasteiger partial charge is 0.471 e. The van der Waals surface area contributed by atoms with Crippen LogP contribution in [0.15, 0.2) is 18.3 Å². The summed E-state index contributed by atoms with van der Waals surface area (Å²) in [6.07, 6.45) is 1.43. The average molecular weight is 302 g/mol. The molecule has 0 atom stereocenters. The van der Waals surface area contributed by atoms with Crippen LogP contribution in [0.25, 0.3) is 0 Å². The summed E-state index contributed by atoms with van der Waals surface area (Å²) in [7, 11) is 0. The van der Waals surface area contributed by atoms with Gasteiger partial charge >= 0.3 is 0 Å². The van der Waals surface area contributed by atoms with E-state index in [9.17, 15) is 22.0 Å². The van der Waals surface area contributed by atoms with Crippen molar-refractivity contribution in [2.45, 2.75) is 6.54 Å². The van der Waals surface area contributed by atoms with Gasteiger partial charge in [0.15, 0.2) is 30.0 Å². The molecule has 0 amide bonds. The number of nitrogens with zero attached hydrogens (tertiary/aromatic N) is 2. The van der Waals surface area contributed by atoms with Crippen molar-refractivity contribution in [2.24, 2.45) is 0 Å². The van der Waals surface area contributed by atoms with Crippen molar-refractivity contribution >= 4 is 5.69 Å². The molecule has 21 heavy (non-hydrogen) atoms. The fraction of sp³-hybridized carbons (Fsp3) is 0.154. The van der Waals surface area contributed by atoms with E-state index in [1.165, 1.54) is 6.20 Å². The Bertz CT molecular complexity index is 693. The third-order valence-electron chi connectivity index (χ3n) is 3.07. The number of hydrogen-bond acceptors (Lipinski definition) is 3. The number of halogens is 5. The van der Waals surface area contributed by atoms with Crippen LogP contribution in [0.3, 0.4) is 0 Å². The minimum Gasteiger partial charge on any atom is -0.471 e. The van der Waals surface area contributed by atoms with Crippen LogP contribution in [0.4, 0.5) is 27.6 Å². The number of hydrogen-bond donors (Lipinski definition) is 0. The first-order chi connectivity index (χ1) is 10.0. The average Bonchev–Trinajstić information content (AvgIpc) is 2.51. The number of benzene rings is 1. The van der Waals surface area contributed by atoms with Crippen LogP contribution in [0.2, 0.25) is 0 Å². The fourth-order valence-electron chi connectivity index (χ4n) is 2.06. The number of anilines is 1. The summed E-state index contributed by atoms with van der Waals surface area (Å²) < 4.78 is 72.1. The zero-order valence-corrected chi connectivity index (χ0v) is 10.3. The van der Waals surface area contributed by atoms with E-state index >= 15 is 0 Å². The second-order valence-corrected chi connectivity index (χ2v) is 4.34. The van der Waals surface area contributed by atoms with Crippen molar-refractivity contribution < 1.29 is 26.7 Å². The highest BCUT2D eigenvalue weighted by Crippen LogP contribution is 2.33. The maximum atomic E-state index is 13.7. The molecule has 1 aromatic carbocycles. The summed E-state index contributed by atoms with van der Waals surface area (Å²) in [5, 5.41) is 0. The summed E-state index contributed by atoms with van der Waals surface area (Å²) in [6, 6.07) is 3.20. The van der Waals surface area contributed by atoms with Gasteiger partial charge in [0.05, 0.1) is 6.54 Å². The normalized spacial score (nSPS) is 13.9. The topological polar surface area (TPSA) is 25.4 Å². The summed E-state index contributed by atoms with van der Waals surface area (Å²) in [6.45, 7) is -0.481. The van der Waals surface area contributed by atoms with Crippen LogP contribution >= 0.6 is 0 Å². The van der Waals surface area contributed by atoms with E-state index in [4.69, 9.17) is 4.74 Å². The Kier molecular flexibility index (Phi) is 3.15. The number of aromatic nitrogens is 1. The lowest BCUT2D eigenvalue weighted by molar-refractivity contribution is 0.279. The van der Waals surface area contributed by atoms with Crippen molar-refractivity contribution in [1.82, 2.24) is 4.98 Å². The van der Waals surface area contributed by atoms with Gasteiger partial charge in [-0.15, -0.1) is 0 Å². The van der Waals surface area contributed by atoms with Crippen LogP contribution in [0.5, 0.6) is 5.75 Å². The molecular weight excluding hydrogens is 295 g/mol. The van der Waals surface area contributed by atoms with Crippen molar-refractivity contribution in [2.75, 3.05) is 11.6 Å². The molecule has 3 nitrogen and oxygen atoms in total. The Morgan fingerprint density at radius 3 is 2.24 bits per heavy atom. The number of ether oxygens (including phenoxy) is 1. The molecule has 3 rings (SSSR count). The van der Waals surface area contributed by atoms with Gasteiger partial charge in [-0.25, -0.2) is 22.0 Å². The van der Waals surface area contributed by atoms with E-state index in [1.807, 2.05) is 0 Å². The molecule has 0 radical (unpaired) electrons. The second-order valence-electron chi connectivity index (χ2n) is 4.34. The molecule has 0 spiro atoms. The summed E-state index contributed by atoms with van der Waals surface area (Å²) in [5.74, 6) is -9.56. The first-order valence-corrected chi connectivity index (χ1v) is 5.83. The molecule has 1 aromatic heterocycles. The van der Waals surface area contributed by atoms with Crippen molar-refractivity contribution in [1.29, 1.82) is 0 Å². The standard InChI is InChI=1S/C13H7F5N2O/c14-8-9(15)11(17)13(12(18)10(8)16)20-4-6-7(21-5-20)2-1-3-19-6/h1-3H,4-5H2. The van der Waals surface area contributed by atoms with E-state index in [1.54, 1.807) is 12.1 Å². The third-order valence-corrected chi connectivity index (χ3v) is 3.07. The first kappa shape index (κ1) is 13.6. The van der Waals surface area contributed by atoms with Crippen molar-refractivity contribution in [3.05, 3.63) is 53.1 Å². The van der Waals surface area contributed by atoms with E-state index in [-0.39, 0.29) is 13.3 Å². The lowest BCUT2D eigenvalue weighted by atomic mass is 10.2. The monoisotopic (exact) mass is 302 g/mol. The number of pyridine rings is 1. The van der Waals surface area contributed by atoms with Crippen molar-refractivity contribution in [3.63, 3.8) is 0 Å². The molecule has 0 unspecified atom stereocenters. The molecule has 2 aromatic rings. The molecule has 2 heterocycles. The molecule has 0 aliphatic carbocycles. The number of fused-ring (bicyclic) bond motifs is 1. The van der Waals surface area contributed by atoms with Crippen LogP contribution in [-0.2, 0) is 6.54 Å². The van der Waals surface area contributed by atoms with Gasteiger partial charge in [0.25, 0.3) is 0 Å². The fourth-order valence-corrected chi connectivity index (χ4v) is 2.06. The third kappa shape index (κ3) is 2.07. The Morgan fingerprint density at radius 2 is 1.57 bits per heavy atom. The molecule has 1 aliphatic heterocycles. The molecule has 0 saturated carbocycles. The number of rotatable bonds is 1. The van der Waals surface area contributed by atoms with E-state index < -0.39 is 34.8 Å². The highest BCUT2D eigenvalue weighted by molar-refractivity contribution is 5.52. The predicted octanol–water partition coefficient (Wildman–Crippen LogP) is 3.13. The van der Waals surface area contributed by atoms with Crippen LogP contribution in [0, 0.1) is 29.1 Å². The molecule has 8 heteroatoms. The molecule has 0 fully saturated rings. The van der Waals surface area contributed by atoms with E-state index in [0.29, 0.717) is 11.4 Å². The van der Waals surface area contributed by atoms with E-state index in [0.717, 1.165) is 4.90 Å². The lowest BCUT2D eigenvalue weighted by Gasteiger charge is -2.30. The molecular formula is C13H7F5N2O. The Labute approximate surface area is 115 Å². The highest BCUT2D eigenvalue weighted by atomic mass is 19.2. The minimum atomic E-state index is -2.19. The second kappa shape index (κ2) is 4.87. The minimum absolute atomic E-state index is 0.130. The Hall–Kier alpha value is -2.38. The highest BCUT2D eigenvalue weighted by Gasteiger charge is 2.31. The molecule has 0 N–H and O–H groups in total. The molecule has 110 valence electrons. The maximum absolute atomic E-state index is 13.7. The van der Waals surface area contributed by atoms with Crippen LogP contribution in [0.1, 0.15) is 5.69 Å². The van der Waals surface area contributed by atoms with Gasteiger partial charge in [-0.05, 0) is 12.1 Å². The molecule has 0 saturated heterocycles. The van der Waals surface area contributed by atoms with Crippen molar-refractivity contribution in [3.8, 4) is 5.75 Å². The Balaban J connectivity index is 2.07. The SMILES string of the molecule is Fc1c(F)c(F)c(N2COc3cccnc3C2)c(F)c1F. The molecule has 1 aliphatic rings. The Morgan fingerprint density at radius 1 is 0.952 bits per heavy atom. The van der Waals surface area contributed by atoms with Gasteiger partial charge in [-0.1, -0.05) is 0 Å². The van der Waals surface area contributed by atoms with Gasteiger partial charge in [0.1, 0.15) is 17.1 Å². The smallest absolute Gasteiger partial charge is 0.200 e. The first-order valence-electron chi connectivity index (χ1n) is 5.83. The zero-order valence-electron chi connectivity index (χ0n) is 10.3. The molecule has 0 bridgehead atoms. The predicted molar refractivity (Wildman–Crippen MR) is 62.1 cm³/mol. The van der Waals surface area contributed by atoms with Gasteiger partial charge in [0.2, 0.25) is 5.82 Å². The van der Waals surface area contributed by atoms with E-state index in [2.05, 4.69) is 4.98 Å². The van der Waals surface area contributed by atoms with Crippen LogP contribution in [-0.4, -0.2) is 11.7 Å². The van der Waals surface area contributed by atoms with Crippen LogP contribution < -0.4 is 9.64 Å². The van der Waals surface area contributed by atoms with Gasteiger partial charge in [0, 0.05) is 6.20 Å². The summed E-state index contributed by atoms with van der Waals surface area (Å²) in [4.78, 5) is 4.84. The lowest BCUT2D eigenvalue weighted by Crippen LogP contribution is -2.34. The summed E-state index contributed by atoms with van der Waals surface area (Å²) in [5.41, 5.74) is -0.685.